The van der Waals surface area contributed by atoms with Crippen molar-refractivity contribution in [3.63, 3.8) is 0 Å². The maximum Gasteiger partial charge on any atom is 0.133 e. The molecule has 0 aliphatic carbocycles. The third-order valence-corrected chi connectivity index (χ3v) is 3.03. The Hall–Kier alpha value is -1.13. The first-order valence-electron chi connectivity index (χ1n) is 6.19. The lowest BCUT2D eigenvalue weighted by molar-refractivity contribution is -0.00552. The number of rotatable bonds is 2. The molecule has 17 heavy (non-hydrogen) atoms. The molecule has 1 unspecified atom stereocenters. The number of pyridine rings is 1. The average Bonchev–Trinajstić information content (AvgIpc) is 2.27. The molecule has 0 spiro atoms. The van der Waals surface area contributed by atoms with Gasteiger partial charge in [-0.15, -0.1) is 0 Å². The third kappa shape index (κ3) is 2.76. The molecule has 2 rings (SSSR count). The molecule has 1 aromatic heterocycles. The summed E-state index contributed by atoms with van der Waals surface area (Å²) in [4.78, 5) is 6.76. The second-order valence-electron chi connectivity index (χ2n) is 4.87. The van der Waals surface area contributed by atoms with E-state index < -0.39 is 0 Å². The van der Waals surface area contributed by atoms with Crippen molar-refractivity contribution in [2.24, 2.45) is 5.73 Å². The van der Waals surface area contributed by atoms with Gasteiger partial charge in [-0.3, -0.25) is 0 Å². The number of nitrogens with two attached hydrogens (primary N) is 1. The highest BCUT2D eigenvalue weighted by Gasteiger charge is 2.25. The smallest absolute Gasteiger partial charge is 0.133 e. The largest absolute Gasteiger partial charge is 0.372 e. The highest BCUT2D eigenvalue weighted by Crippen LogP contribution is 2.25. The molecule has 1 fully saturated rings. The van der Waals surface area contributed by atoms with Gasteiger partial charge in [0, 0.05) is 30.9 Å². The number of anilines is 1. The second-order valence-corrected chi connectivity index (χ2v) is 4.87. The predicted molar refractivity (Wildman–Crippen MR) is 69.1 cm³/mol. The van der Waals surface area contributed by atoms with Gasteiger partial charge in [0.1, 0.15) is 5.82 Å². The van der Waals surface area contributed by atoms with Crippen LogP contribution in [0.5, 0.6) is 0 Å². The molecule has 4 nitrogen and oxygen atoms in total. The molecule has 0 radical (unpaired) electrons. The molecule has 1 aliphatic rings. The van der Waals surface area contributed by atoms with Gasteiger partial charge in [-0.25, -0.2) is 4.98 Å². The lowest BCUT2D eigenvalue weighted by Crippen LogP contribution is -2.46. The highest BCUT2D eigenvalue weighted by atomic mass is 16.5. The number of morpholine rings is 1. The summed E-state index contributed by atoms with van der Waals surface area (Å²) >= 11 is 0. The lowest BCUT2D eigenvalue weighted by atomic mass is 10.1. The van der Waals surface area contributed by atoms with Gasteiger partial charge >= 0.3 is 0 Å². The van der Waals surface area contributed by atoms with Crippen LogP contribution >= 0.6 is 0 Å². The van der Waals surface area contributed by atoms with Crippen molar-refractivity contribution in [3.8, 4) is 0 Å². The molecule has 4 heteroatoms. The van der Waals surface area contributed by atoms with E-state index in [-0.39, 0.29) is 18.2 Å². The summed E-state index contributed by atoms with van der Waals surface area (Å²) in [5.41, 5.74) is 7.10. The fourth-order valence-corrected chi connectivity index (χ4v) is 2.38. The van der Waals surface area contributed by atoms with Crippen LogP contribution in [0.4, 0.5) is 5.82 Å². The summed E-state index contributed by atoms with van der Waals surface area (Å²) in [7, 11) is 0. The fraction of sp³-hybridized carbons (Fsp3) is 0.615. The first kappa shape index (κ1) is 12.3. The Morgan fingerprint density at radius 1 is 1.41 bits per heavy atom. The third-order valence-electron chi connectivity index (χ3n) is 3.03. The van der Waals surface area contributed by atoms with E-state index in [1.807, 2.05) is 19.2 Å². The van der Waals surface area contributed by atoms with Crippen LogP contribution in [0.25, 0.3) is 0 Å². The summed E-state index contributed by atoms with van der Waals surface area (Å²) in [6.45, 7) is 7.93. The van der Waals surface area contributed by atoms with E-state index in [0.717, 1.165) is 24.5 Å². The second kappa shape index (κ2) is 5.02. The van der Waals surface area contributed by atoms with E-state index in [0.29, 0.717) is 0 Å². The molecule has 1 aliphatic heterocycles. The van der Waals surface area contributed by atoms with Crippen LogP contribution in [0.15, 0.2) is 18.3 Å². The number of nitrogens with zero attached hydrogens (tertiary/aromatic N) is 2. The zero-order chi connectivity index (χ0) is 12.4. The van der Waals surface area contributed by atoms with E-state index in [2.05, 4.69) is 29.8 Å². The van der Waals surface area contributed by atoms with Crippen LogP contribution in [-0.4, -0.2) is 30.3 Å². The van der Waals surface area contributed by atoms with Crippen LogP contribution in [0.1, 0.15) is 32.4 Å². The Morgan fingerprint density at radius 3 is 2.65 bits per heavy atom. The van der Waals surface area contributed by atoms with Gasteiger partial charge in [-0.1, -0.05) is 6.07 Å². The Labute approximate surface area is 103 Å². The van der Waals surface area contributed by atoms with E-state index in [9.17, 15) is 0 Å². The summed E-state index contributed by atoms with van der Waals surface area (Å²) in [6.07, 6.45) is 2.30. The topological polar surface area (TPSA) is 51.4 Å². The number of ether oxygens (including phenoxy) is 1. The van der Waals surface area contributed by atoms with Crippen molar-refractivity contribution in [2.45, 2.75) is 39.0 Å². The number of hydrogen-bond acceptors (Lipinski definition) is 4. The van der Waals surface area contributed by atoms with Gasteiger partial charge in [0.25, 0.3) is 0 Å². The minimum absolute atomic E-state index is 0.00663. The molecule has 0 amide bonds. The molecular weight excluding hydrogens is 214 g/mol. The zero-order valence-electron chi connectivity index (χ0n) is 10.8. The molecule has 1 saturated heterocycles. The van der Waals surface area contributed by atoms with Gasteiger partial charge in [-0.2, -0.15) is 0 Å². The minimum atomic E-state index is 0.00663. The molecule has 2 N–H and O–H groups in total. The standard InChI is InChI=1S/C13H21N3O/c1-9-7-16(8-10(2)17-9)13-12(11(3)14)5-4-6-15-13/h4-6,9-11H,7-8,14H2,1-3H3/t9-,10+,11?. The molecule has 3 atom stereocenters. The quantitative estimate of drug-likeness (QED) is 0.848. The summed E-state index contributed by atoms with van der Waals surface area (Å²) in [5, 5.41) is 0. The van der Waals surface area contributed by atoms with Crippen LogP contribution in [0.3, 0.4) is 0 Å². The first-order valence-corrected chi connectivity index (χ1v) is 6.19. The molecule has 0 bridgehead atoms. The monoisotopic (exact) mass is 235 g/mol. The Balaban J connectivity index is 2.27. The SMILES string of the molecule is CC(N)c1cccnc1N1C[C@@H](C)O[C@@H](C)C1. The van der Waals surface area contributed by atoms with Gasteiger partial charge in [0.2, 0.25) is 0 Å². The van der Waals surface area contributed by atoms with Crippen LogP contribution in [0.2, 0.25) is 0 Å². The summed E-state index contributed by atoms with van der Waals surface area (Å²) in [6, 6.07) is 4.00. The van der Waals surface area contributed by atoms with Crippen molar-refractivity contribution < 1.29 is 4.74 Å². The van der Waals surface area contributed by atoms with Crippen molar-refractivity contribution >= 4 is 5.82 Å². The number of aromatic nitrogens is 1. The summed E-state index contributed by atoms with van der Waals surface area (Å²) < 4.78 is 5.74. The Morgan fingerprint density at radius 2 is 2.06 bits per heavy atom. The van der Waals surface area contributed by atoms with Crippen molar-refractivity contribution in [1.82, 2.24) is 4.98 Å². The van der Waals surface area contributed by atoms with Crippen molar-refractivity contribution in [1.29, 1.82) is 0 Å². The van der Waals surface area contributed by atoms with Gasteiger partial charge in [0.05, 0.1) is 12.2 Å². The Kier molecular flexibility index (Phi) is 3.64. The van der Waals surface area contributed by atoms with E-state index >= 15 is 0 Å². The highest BCUT2D eigenvalue weighted by molar-refractivity contribution is 5.48. The van der Waals surface area contributed by atoms with Crippen LogP contribution < -0.4 is 10.6 Å². The van der Waals surface area contributed by atoms with E-state index in [1.54, 1.807) is 0 Å². The van der Waals surface area contributed by atoms with Gasteiger partial charge < -0.3 is 15.4 Å². The molecular formula is C13H21N3O. The lowest BCUT2D eigenvalue weighted by Gasteiger charge is -2.37. The molecule has 0 saturated carbocycles. The van der Waals surface area contributed by atoms with Crippen LogP contribution in [-0.2, 0) is 4.74 Å². The molecule has 2 heterocycles. The predicted octanol–water partition coefficient (Wildman–Crippen LogP) is 1.71. The fourth-order valence-electron chi connectivity index (χ4n) is 2.38. The van der Waals surface area contributed by atoms with Crippen molar-refractivity contribution in [2.75, 3.05) is 18.0 Å². The minimum Gasteiger partial charge on any atom is -0.372 e. The molecule has 0 aromatic carbocycles. The number of hydrogen-bond donors (Lipinski definition) is 1. The van der Waals surface area contributed by atoms with E-state index in [1.165, 1.54) is 0 Å². The molecule has 1 aromatic rings. The average molecular weight is 235 g/mol. The van der Waals surface area contributed by atoms with Crippen molar-refractivity contribution in [3.05, 3.63) is 23.9 Å². The van der Waals surface area contributed by atoms with Gasteiger partial charge in [-0.05, 0) is 26.8 Å². The maximum absolute atomic E-state index is 5.99. The maximum atomic E-state index is 5.99. The Bertz CT molecular complexity index is 371. The first-order chi connectivity index (χ1) is 8.08. The van der Waals surface area contributed by atoms with Crippen LogP contribution in [0, 0.1) is 0 Å². The zero-order valence-corrected chi connectivity index (χ0v) is 10.8. The molecule has 94 valence electrons. The van der Waals surface area contributed by atoms with E-state index in [4.69, 9.17) is 10.5 Å². The summed E-state index contributed by atoms with van der Waals surface area (Å²) in [5.74, 6) is 1.00. The normalized spacial score (nSPS) is 26.9. The van der Waals surface area contributed by atoms with Gasteiger partial charge in [0.15, 0.2) is 0 Å².